The van der Waals surface area contributed by atoms with Gasteiger partial charge in [0.2, 0.25) is 0 Å². The predicted molar refractivity (Wildman–Crippen MR) is 80.1 cm³/mol. The van der Waals surface area contributed by atoms with Crippen LogP contribution in [0.2, 0.25) is 0 Å². The van der Waals surface area contributed by atoms with Gasteiger partial charge in [-0.2, -0.15) is 0 Å². The maximum absolute atomic E-state index is 11.8. The van der Waals surface area contributed by atoms with Crippen LogP contribution < -0.4 is 51.4 Å². The van der Waals surface area contributed by atoms with Gasteiger partial charge in [0.25, 0.3) is 0 Å². The zero-order valence-corrected chi connectivity index (χ0v) is 17.1. The van der Waals surface area contributed by atoms with Crippen LogP contribution in [0.25, 0.3) is 10.8 Å². The minimum absolute atomic E-state index is 0. The van der Waals surface area contributed by atoms with Gasteiger partial charge in [-0.15, -0.1) is 0 Å². The van der Waals surface area contributed by atoms with E-state index < -0.39 is 10.1 Å². The van der Waals surface area contributed by atoms with Crippen molar-refractivity contribution in [1.82, 2.24) is 0 Å². The van der Waals surface area contributed by atoms with Gasteiger partial charge in [0, 0.05) is 0 Å². The molecule has 3 nitrogen and oxygen atoms in total. The molecule has 0 unspecified atom stereocenters. The zero-order valence-electron chi connectivity index (χ0n) is 13.2. The summed E-state index contributed by atoms with van der Waals surface area (Å²) in [4.78, 5) is -0.0469. The summed E-state index contributed by atoms with van der Waals surface area (Å²) in [6.45, 7) is 7.86. The molecule has 2 aromatic rings. The molecule has 21 heavy (non-hydrogen) atoms. The van der Waals surface area contributed by atoms with Gasteiger partial charge in [0.1, 0.15) is 10.1 Å². The van der Waals surface area contributed by atoms with E-state index in [1.807, 2.05) is 45.9 Å². The first kappa shape index (κ1) is 19.3. The number of hydrogen-bond donors (Lipinski definition) is 0. The van der Waals surface area contributed by atoms with Crippen LogP contribution in [0.15, 0.2) is 35.2 Å². The Morgan fingerprint density at radius 2 is 1.57 bits per heavy atom. The number of fused-ring (bicyclic) bond motifs is 1. The largest absolute Gasteiger partial charge is 1.00 e. The minimum atomic E-state index is -4.51. The summed E-state index contributed by atoms with van der Waals surface area (Å²) in [6, 6.07) is 9.17. The van der Waals surface area contributed by atoms with Crippen molar-refractivity contribution in [3.63, 3.8) is 0 Å². The fraction of sp³-hybridized carbons (Fsp3) is 0.375. The summed E-state index contributed by atoms with van der Waals surface area (Å²) in [6.07, 6.45) is 0. The fourth-order valence-electron chi connectivity index (χ4n) is 2.69. The summed E-state index contributed by atoms with van der Waals surface area (Å²) in [5, 5.41) is 1.32. The second kappa shape index (κ2) is 7.21. The Hall–Kier alpha value is 0.246. The molecule has 0 saturated heterocycles. The molecule has 0 aliphatic heterocycles. The van der Waals surface area contributed by atoms with Crippen molar-refractivity contribution < 1.29 is 64.4 Å². The third-order valence-electron chi connectivity index (χ3n) is 3.52. The number of benzene rings is 2. The molecule has 0 aromatic heterocycles. The van der Waals surface area contributed by atoms with Crippen molar-refractivity contribution in [1.29, 1.82) is 0 Å². The third-order valence-corrected chi connectivity index (χ3v) is 4.46. The molecule has 0 bridgehead atoms. The molecule has 5 heteroatoms. The maximum atomic E-state index is 11.8. The molecule has 0 spiro atoms. The Balaban J connectivity index is 0.00000220. The van der Waals surface area contributed by atoms with Crippen LogP contribution >= 0.6 is 0 Å². The molecule has 0 fully saturated rings. The smallest absolute Gasteiger partial charge is 0.744 e. The second-order valence-electron chi connectivity index (χ2n) is 5.69. The van der Waals surface area contributed by atoms with E-state index in [9.17, 15) is 13.0 Å². The second-order valence-corrected chi connectivity index (χ2v) is 7.01. The molecule has 0 aliphatic carbocycles. The van der Waals surface area contributed by atoms with Gasteiger partial charge in [0.15, 0.2) is 0 Å². The summed E-state index contributed by atoms with van der Waals surface area (Å²) in [5.41, 5.74) is 1.60. The van der Waals surface area contributed by atoms with Crippen LogP contribution in [0.5, 0.6) is 0 Å². The summed E-state index contributed by atoms with van der Waals surface area (Å²) >= 11 is 0. The molecular formula is C16H19KO3S. The maximum Gasteiger partial charge on any atom is 1.00 e. The third kappa shape index (κ3) is 3.96. The minimum Gasteiger partial charge on any atom is -0.744 e. The molecule has 0 aliphatic rings. The van der Waals surface area contributed by atoms with E-state index in [4.69, 9.17) is 0 Å². The van der Waals surface area contributed by atoms with Gasteiger partial charge in [-0.25, -0.2) is 8.42 Å². The van der Waals surface area contributed by atoms with Gasteiger partial charge in [-0.05, 0) is 33.7 Å². The first-order valence-corrected chi connectivity index (χ1v) is 8.15. The molecule has 0 saturated carbocycles. The van der Waals surface area contributed by atoms with E-state index in [1.165, 1.54) is 0 Å². The first-order valence-electron chi connectivity index (χ1n) is 6.75. The van der Waals surface area contributed by atoms with E-state index in [0.29, 0.717) is 10.9 Å². The van der Waals surface area contributed by atoms with E-state index >= 15 is 0 Å². The van der Waals surface area contributed by atoms with Crippen molar-refractivity contribution in [2.75, 3.05) is 0 Å². The van der Waals surface area contributed by atoms with Gasteiger partial charge in [0.05, 0.1) is 4.90 Å². The van der Waals surface area contributed by atoms with E-state index in [-0.39, 0.29) is 68.1 Å². The van der Waals surface area contributed by atoms with Crippen molar-refractivity contribution >= 4 is 20.9 Å². The van der Waals surface area contributed by atoms with Crippen LogP contribution in [0.4, 0.5) is 0 Å². The fourth-order valence-corrected chi connectivity index (χ4v) is 3.77. The van der Waals surface area contributed by atoms with Crippen LogP contribution in [0, 0.1) is 0 Å². The average Bonchev–Trinajstić information content (AvgIpc) is 2.34. The van der Waals surface area contributed by atoms with Crippen molar-refractivity contribution in [3.05, 3.63) is 41.5 Å². The van der Waals surface area contributed by atoms with Gasteiger partial charge >= 0.3 is 51.4 Å². The van der Waals surface area contributed by atoms with Crippen LogP contribution in [-0.2, 0) is 10.1 Å². The Kier molecular flexibility index (Phi) is 6.63. The number of hydrogen-bond acceptors (Lipinski definition) is 3. The molecule has 0 amide bonds. The topological polar surface area (TPSA) is 57.2 Å². The van der Waals surface area contributed by atoms with Crippen molar-refractivity contribution in [3.8, 4) is 0 Å². The Morgan fingerprint density at radius 1 is 1.00 bits per heavy atom. The normalized spacial score (nSPS) is 12.0. The Labute approximate surface area is 169 Å². The number of rotatable bonds is 3. The molecule has 0 heterocycles. The SMILES string of the molecule is CC(C)c1cc2ccccc2c(S(=O)(=O)[O-])c1C(C)C.[K+]. The molecule has 0 atom stereocenters. The molecule has 2 aromatic carbocycles. The predicted octanol–water partition coefficient (Wildman–Crippen LogP) is 0.995. The van der Waals surface area contributed by atoms with Crippen LogP contribution in [-0.4, -0.2) is 13.0 Å². The first-order chi connectivity index (χ1) is 9.23. The summed E-state index contributed by atoms with van der Waals surface area (Å²) in [7, 11) is -4.51. The zero-order chi connectivity index (χ0) is 15.1. The van der Waals surface area contributed by atoms with E-state index in [0.717, 1.165) is 10.9 Å². The van der Waals surface area contributed by atoms with E-state index in [2.05, 4.69) is 0 Å². The quantitative estimate of drug-likeness (QED) is 0.623. The van der Waals surface area contributed by atoms with Crippen molar-refractivity contribution in [2.45, 2.75) is 44.4 Å². The van der Waals surface area contributed by atoms with Crippen LogP contribution in [0.3, 0.4) is 0 Å². The summed E-state index contributed by atoms with van der Waals surface area (Å²) in [5.74, 6) is 0.147. The Morgan fingerprint density at radius 3 is 2.05 bits per heavy atom. The van der Waals surface area contributed by atoms with E-state index in [1.54, 1.807) is 12.1 Å². The van der Waals surface area contributed by atoms with Crippen LogP contribution in [0.1, 0.15) is 50.7 Å². The monoisotopic (exact) mass is 330 g/mol. The molecule has 0 N–H and O–H groups in total. The van der Waals surface area contributed by atoms with Gasteiger partial charge in [-0.1, -0.05) is 58.0 Å². The Bertz CT molecular complexity index is 749. The molecule has 2 rings (SSSR count). The summed E-state index contributed by atoms with van der Waals surface area (Å²) < 4.78 is 35.4. The van der Waals surface area contributed by atoms with Gasteiger partial charge < -0.3 is 4.55 Å². The van der Waals surface area contributed by atoms with Crippen molar-refractivity contribution in [2.24, 2.45) is 0 Å². The average molecular weight is 330 g/mol. The molecule has 0 radical (unpaired) electrons. The standard InChI is InChI=1S/C16H20O3S.K/c1-10(2)14-9-12-7-5-6-8-13(12)16(20(17,18)19)15(14)11(3)4;/h5-11H,1-4H3,(H,17,18,19);/q;+1/p-1. The molecule has 108 valence electrons. The van der Waals surface area contributed by atoms with Gasteiger partial charge in [-0.3, -0.25) is 0 Å². The molecular weight excluding hydrogens is 311 g/mol.